The number of amides is 2. The van der Waals surface area contributed by atoms with Gasteiger partial charge in [-0.05, 0) is 63.4 Å². The smallest absolute Gasteiger partial charge is 0.389 e. The minimum absolute atomic E-state index is 0.0120. The van der Waals surface area contributed by atoms with Gasteiger partial charge in [0.1, 0.15) is 5.75 Å². The van der Waals surface area contributed by atoms with E-state index in [2.05, 4.69) is 5.32 Å². The number of carbonyl (C=O) groups excluding carboxylic acids is 2. The van der Waals surface area contributed by atoms with Crippen LogP contribution in [-0.4, -0.2) is 92.3 Å². The van der Waals surface area contributed by atoms with E-state index in [1.807, 2.05) is 13.8 Å². The maximum Gasteiger partial charge on any atom is 0.389 e. The standard InChI is InChI=1S/C32H44F3N3O7S/c1-22-19-38(23(2)21-39)31(41)27-18-25(36-30(40)15-16-32(33,34)35)13-14-28(27)45-24(3)10-8-9-17-44-29(22)20-37(4)46(42,43)26-11-6-5-7-12-26/h5-7,11-14,18,22-24,29,39H,8-10,15-17,19-21H2,1-4H3,(H,36,40)/t22-,23-,24-,29+/m1/s1. The van der Waals surface area contributed by atoms with Crippen LogP contribution in [0.5, 0.6) is 5.75 Å². The first kappa shape index (κ1) is 37.3. The molecule has 2 N–H and O–H groups in total. The Labute approximate surface area is 268 Å². The van der Waals surface area contributed by atoms with Crippen molar-refractivity contribution in [3.8, 4) is 5.75 Å². The Morgan fingerprint density at radius 1 is 1.15 bits per heavy atom. The zero-order chi connectivity index (χ0) is 34.1. The fourth-order valence-electron chi connectivity index (χ4n) is 5.07. The number of fused-ring (bicyclic) bond motifs is 1. The highest BCUT2D eigenvalue weighted by Gasteiger charge is 2.33. The SMILES string of the molecule is C[C@@H]1CCCCO[C@@H](CN(C)S(=O)(=O)c2ccccc2)[C@H](C)CN([C@H](C)CO)C(=O)c2cc(NC(=O)CCC(F)(F)F)ccc2O1. The molecule has 1 aliphatic rings. The van der Waals surface area contributed by atoms with Crippen molar-refractivity contribution in [2.45, 2.75) is 82.2 Å². The van der Waals surface area contributed by atoms with Gasteiger partial charge >= 0.3 is 6.18 Å². The molecule has 14 heteroatoms. The van der Waals surface area contributed by atoms with Crippen LogP contribution in [0.3, 0.4) is 0 Å². The van der Waals surface area contributed by atoms with Crippen molar-refractivity contribution in [3.63, 3.8) is 0 Å². The average molecular weight is 672 g/mol. The summed E-state index contributed by atoms with van der Waals surface area (Å²) < 4.78 is 78.1. The number of hydrogen-bond donors (Lipinski definition) is 2. The minimum atomic E-state index is -4.49. The van der Waals surface area contributed by atoms with Gasteiger partial charge < -0.3 is 24.8 Å². The van der Waals surface area contributed by atoms with Gasteiger partial charge in [0.15, 0.2) is 0 Å². The summed E-state index contributed by atoms with van der Waals surface area (Å²) in [5.41, 5.74) is 0.182. The molecule has 46 heavy (non-hydrogen) atoms. The summed E-state index contributed by atoms with van der Waals surface area (Å²) in [6.45, 7) is 5.39. The number of carbonyl (C=O) groups is 2. The van der Waals surface area contributed by atoms with Crippen LogP contribution >= 0.6 is 0 Å². The third-order valence-corrected chi connectivity index (χ3v) is 9.70. The monoisotopic (exact) mass is 671 g/mol. The van der Waals surface area contributed by atoms with E-state index < -0.39 is 58.9 Å². The normalized spacial score (nSPS) is 21.2. The Kier molecular flexibility index (Phi) is 13.4. The second-order valence-corrected chi connectivity index (χ2v) is 13.8. The Bertz CT molecular complexity index is 1410. The maximum atomic E-state index is 14.2. The molecule has 3 rings (SSSR count). The highest BCUT2D eigenvalue weighted by atomic mass is 32.2. The summed E-state index contributed by atoms with van der Waals surface area (Å²) in [4.78, 5) is 28.0. The van der Waals surface area contributed by atoms with E-state index in [1.165, 1.54) is 46.6 Å². The number of anilines is 1. The van der Waals surface area contributed by atoms with Gasteiger partial charge in [-0.15, -0.1) is 0 Å². The molecule has 2 aromatic rings. The Morgan fingerprint density at radius 2 is 1.85 bits per heavy atom. The van der Waals surface area contributed by atoms with E-state index in [1.54, 1.807) is 25.1 Å². The lowest BCUT2D eigenvalue weighted by molar-refractivity contribution is -0.142. The van der Waals surface area contributed by atoms with E-state index in [0.29, 0.717) is 19.4 Å². The number of benzene rings is 2. The molecule has 1 aliphatic heterocycles. The molecular weight excluding hydrogens is 627 g/mol. The van der Waals surface area contributed by atoms with Gasteiger partial charge in [-0.25, -0.2) is 8.42 Å². The molecule has 0 spiro atoms. The summed E-state index contributed by atoms with van der Waals surface area (Å²) in [5.74, 6) is -1.57. The lowest BCUT2D eigenvalue weighted by Crippen LogP contribution is -2.48. The summed E-state index contributed by atoms with van der Waals surface area (Å²) in [5, 5.41) is 12.5. The lowest BCUT2D eigenvalue weighted by atomic mass is 10.0. The van der Waals surface area contributed by atoms with Crippen molar-refractivity contribution in [1.29, 1.82) is 0 Å². The molecule has 0 aliphatic carbocycles. The van der Waals surface area contributed by atoms with Crippen LogP contribution in [-0.2, 0) is 19.6 Å². The highest BCUT2D eigenvalue weighted by Crippen LogP contribution is 2.29. The number of nitrogens with one attached hydrogen (secondary N) is 1. The van der Waals surface area contributed by atoms with E-state index >= 15 is 0 Å². The van der Waals surface area contributed by atoms with Crippen molar-refractivity contribution in [1.82, 2.24) is 9.21 Å². The van der Waals surface area contributed by atoms with E-state index in [0.717, 1.165) is 6.42 Å². The van der Waals surface area contributed by atoms with E-state index in [-0.39, 0.29) is 47.7 Å². The van der Waals surface area contributed by atoms with Crippen LogP contribution in [0.4, 0.5) is 18.9 Å². The van der Waals surface area contributed by atoms with Gasteiger partial charge in [0.2, 0.25) is 15.9 Å². The average Bonchev–Trinajstić information content (AvgIpc) is 3.01. The summed E-state index contributed by atoms with van der Waals surface area (Å²) >= 11 is 0. The van der Waals surface area contributed by atoms with Gasteiger partial charge in [0, 0.05) is 44.8 Å². The van der Waals surface area contributed by atoms with E-state index in [4.69, 9.17) is 9.47 Å². The number of rotatable bonds is 9. The minimum Gasteiger partial charge on any atom is -0.490 e. The molecule has 256 valence electrons. The van der Waals surface area contributed by atoms with Crippen molar-refractivity contribution in [2.24, 2.45) is 5.92 Å². The van der Waals surface area contributed by atoms with Gasteiger partial charge in [-0.1, -0.05) is 25.1 Å². The number of alkyl halides is 3. The molecule has 0 fully saturated rings. The first-order valence-electron chi connectivity index (χ1n) is 15.3. The predicted molar refractivity (Wildman–Crippen MR) is 167 cm³/mol. The van der Waals surface area contributed by atoms with Gasteiger partial charge in [0.05, 0.1) is 41.7 Å². The van der Waals surface area contributed by atoms with Crippen LogP contribution < -0.4 is 10.1 Å². The number of nitrogens with zero attached hydrogens (tertiary/aromatic N) is 2. The summed E-state index contributed by atoms with van der Waals surface area (Å²) in [6, 6.07) is 11.7. The molecule has 1 heterocycles. The maximum absolute atomic E-state index is 14.2. The number of hydrogen-bond acceptors (Lipinski definition) is 7. The molecule has 0 radical (unpaired) electrons. The number of aliphatic hydroxyl groups excluding tert-OH is 1. The van der Waals surface area contributed by atoms with Crippen molar-refractivity contribution >= 4 is 27.5 Å². The molecule has 0 saturated carbocycles. The fourth-order valence-corrected chi connectivity index (χ4v) is 6.27. The number of aliphatic hydroxyl groups is 1. The number of ether oxygens (including phenoxy) is 2. The first-order valence-corrected chi connectivity index (χ1v) is 16.8. The number of sulfonamides is 1. The summed E-state index contributed by atoms with van der Waals surface area (Å²) in [6.07, 6.45) is -5.46. The van der Waals surface area contributed by atoms with Gasteiger partial charge in [-0.3, -0.25) is 9.59 Å². The quantitative estimate of drug-likeness (QED) is 0.381. The second-order valence-electron chi connectivity index (χ2n) is 11.8. The highest BCUT2D eigenvalue weighted by molar-refractivity contribution is 7.89. The molecule has 2 aromatic carbocycles. The molecule has 0 bridgehead atoms. The topological polar surface area (TPSA) is 125 Å². The van der Waals surface area contributed by atoms with Crippen LogP contribution in [0.25, 0.3) is 0 Å². The first-order chi connectivity index (χ1) is 21.6. The van der Waals surface area contributed by atoms with Gasteiger partial charge in [0.25, 0.3) is 5.91 Å². The van der Waals surface area contributed by atoms with Crippen molar-refractivity contribution < 1.29 is 45.8 Å². The molecule has 10 nitrogen and oxygen atoms in total. The molecule has 0 saturated heterocycles. The Balaban J connectivity index is 1.94. The lowest BCUT2D eigenvalue weighted by Gasteiger charge is -2.35. The molecule has 2 amide bonds. The third kappa shape index (κ3) is 10.7. The number of halogens is 3. The van der Waals surface area contributed by atoms with Gasteiger partial charge in [-0.2, -0.15) is 17.5 Å². The Morgan fingerprint density at radius 3 is 2.50 bits per heavy atom. The second kappa shape index (κ2) is 16.6. The summed E-state index contributed by atoms with van der Waals surface area (Å²) in [7, 11) is -2.35. The third-order valence-electron chi connectivity index (χ3n) is 7.86. The molecule has 0 unspecified atom stereocenters. The van der Waals surface area contributed by atoms with Crippen LogP contribution in [0.15, 0.2) is 53.4 Å². The Hall–Kier alpha value is -3.20. The zero-order valence-corrected chi connectivity index (χ0v) is 27.4. The van der Waals surface area contributed by atoms with E-state index in [9.17, 15) is 36.3 Å². The zero-order valence-electron chi connectivity index (χ0n) is 26.6. The molecule has 4 atom stereocenters. The van der Waals surface area contributed by atoms with Crippen molar-refractivity contribution in [2.75, 3.05) is 38.7 Å². The van der Waals surface area contributed by atoms with Crippen molar-refractivity contribution in [3.05, 3.63) is 54.1 Å². The van der Waals surface area contributed by atoms with Crippen LogP contribution in [0.2, 0.25) is 0 Å². The predicted octanol–water partition coefficient (Wildman–Crippen LogP) is 5.08. The molecule has 0 aromatic heterocycles. The van der Waals surface area contributed by atoms with Crippen LogP contribution in [0.1, 0.15) is 63.2 Å². The molecular formula is C32H44F3N3O7S. The number of likely N-dealkylation sites (N-methyl/N-ethyl adjacent to an activating group) is 1. The fraction of sp³-hybridized carbons (Fsp3) is 0.562. The largest absolute Gasteiger partial charge is 0.490 e. The van der Waals surface area contributed by atoms with Crippen LogP contribution in [0, 0.1) is 5.92 Å².